The number of rotatable bonds is 6. The van der Waals surface area contributed by atoms with Gasteiger partial charge in [0.2, 0.25) is 0 Å². The Labute approximate surface area is 152 Å². The summed E-state index contributed by atoms with van der Waals surface area (Å²) in [5.41, 5.74) is -0.570. The third-order valence-electron chi connectivity index (χ3n) is 4.58. The fourth-order valence-electron chi connectivity index (χ4n) is 3.18. The first kappa shape index (κ1) is 17.9. The summed E-state index contributed by atoms with van der Waals surface area (Å²) in [6.45, 7) is 0.611. The van der Waals surface area contributed by atoms with Crippen molar-refractivity contribution in [3.05, 3.63) is 60.2 Å². The molecule has 1 saturated heterocycles. The van der Waals surface area contributed by atoms with Crippen LogP contribution in [0.5, 0.6) is 11.5 Å². The van der Waals surface area contributed by atoms with Crippen molar-refractivity contribution in [3.63, 3.8) is 0 Å². The number of carboxylic acid groups (broad SMARTS) is 1. The quantitative estimate of drug-likeness (QED) is 0.862. The van der Waals surface area contributed by atoms with E-state index in [1.165, 1.54) is 7.11 Å². The highest BCUT2D eigenvalue weighted by Gasteiger charge is 2.46. The Hall–Kier alpha value is -2.86. The van der Waals surface area contributed by atoms with Gasteiger partial charge in [0.05, 0.1) is 6.61 Å². The summed E-state index contributed by atoms with van der Waals surface area (Å²) in [4.78, 5) is 26.0. The van der Waals surface area contributed by atoms with Crippen LogP contribution in [-0.4, -0.2) is 48.7 Å². The van der Waals surface area contributed by atoms with Crippen LogP contribution in [-0.2, 0) is 9.53 Å². The lowest BCUT2D eigenvalue weighted by Gasteiger charge is -2.23. The molecule has 1 amide bonds. The number of methoxy groups -OCH3 is 1. The van der Waals surface area contributed by atoms with E-state index in [1.807, 2.05) is 30.3 Å². The third-order valence-corrected chi connectivity index (χ3v) is 4.58. The fourth-order valence-corrected chi connectivity index (χ4v) is 3.18. The van der Waals surface area contributed by atoms with Crippen molar-refractivity contribution in [1.82, 2.24) is 4.90 Å². The van der Waals surface area contributed by atoms with E-state index >= 15 is 0 Å². The molecule has 0 aliphatic carbocycles. The molecule has 1 heterocycles. The molecule has 0 bridgehead atoms. The summed E-state index contributed by atoms with van der Waals surface area (Å²) in [6.07, 6.45) is 0.377. The topological polar surface area (TPSA) is 76.1 Å². The van der Waals surface area contributed by atoms with Crippen molar-refractivity contribution in [3.8, 4) is 11.5 Å². The van der Waals surface area contributed by atoms with Crippen LogP contribution < -0.4 is 4.74 Å². The Bertz CT molecular complexity index is 792. The van der Waals surface area contributed by atoms with Gasteiger partial charge in [-0.25, -0.2) is 0 Å². The van der Waals surface area contributed by atoms with Crippen molar-refractivity contribution in [2.24, 2.45) is 5.41 Å². The molecule has 1 atom stereocenters. The molecule has 1 aliphatic heterocycles. The minimum atomic E-state index is -1.04. The number of carbonyl (C=O) groups is 2. The number of amides is 1. The number of para-hydroxylation sites is 1. The summed E-state index contributed by atoms with van der Waals surface area (Å²) >= 11 is 0. The van der Waals surface area contributed by atoms with Crippen molar-refractivity contribution in [1.29, 1.82) is 0 Å². The second kappa shape index (κ2) is 7.58. The van der Waals surface area contributed by atoms with Crippen LogP contribution in [0.15, 0.2) is 54.6 Å². The molecule has 0 aromatic heterocycles. The molecule has 0 radical (unpaired) electrons. The lowest BCUT2D eigenvalue weighted by molar-refractivity contribution is -0.151. The number of hydrogen-bond donors (Lipinski definition) is 1. The first-order chi connectivity index (χ1) is 12.5. The van der Waals surface area contributed by atoms with Gasteiger partial charge in [-0.15, -0.1) is 0 Å². The number of nitrogens with zero attached hydrogens (tertiary/aromatic N) is 1. The second-order valence-corrected chi connectivity index (χ2v) is 6.44. The van der Waals surface area contributed by atoms with Crippen LogP contribution in [0.3, 0.4) is 0 Å². The van der Waals surface area contributed by atoms with Gasteiger partial charge in [0.15, 0.2) is 0 Å². The highest BCUT2D eigenvalue weighted by atomic mass is 16.5. The van der Waals surface area contributed by atoms with Gasteiger partial charge in [0.1, 0.15) is 16.9 Å². The van der Waals surface area contributed by atoms with Crippen LogP contribution in [0.1, 0.15) is 16.8 Å². The van der Waals surface area contributed by atoms with E-state index in [4.69, 9.17) is 9.47 Å². The lowest BCUT2D eigenvalue weighted by Crippen LogP contribution is -2.40. The van der Waals surface area contributed by atoms with Gasteiger partial charge < -0.3 is 19.5 Å². The Balaban J connectivity index is 1.74. The Morgan fingerprint density at radius 3 is 2.54 bits per heavy atom. The van der Waals surface area contributed by atoms with E-state index in [1.54, 1.807) is 29.2 Å². The summed E-state index contributed by atoms with van der Waals surface area (Å²) in [6, 6.07) is 16.2. The van der Waals surface area contributed by atoms with Crippen LogP contribution in [0, 0.1) is 5.41 Å². The zero-order chi connectivity index (χ0) is 18.6. The summed E-state index contributed by atoms with van der Waals surface area (Å²) in [7, 11) is 1.47. The Kier molecular flexibility index (Phi) is 5.23. The monoisotopic (exact) mass is 355 g/mol. The first-order valence-electron chi connectivity index (χ1n) is 8.39. The number of likely N-dealkylation sites (tertiary alicyclic amines) is 1. The van der Waals surface area contributed by atoms with Gasteiger partial charge in [-0.3, -0.25) is 9.59 Å². The van der Waals surface area contributed by atoms with Crippen LogP contribution in [0.2, 0.25) is 0 Å². The van der Waals surface area contributed by atoms with Crippen molar-refractivity contribution in [2.45, 2.75) is 6.42 Å². The molecule has 1 fully saturated rings. The van der Waals surface area contributed by atoms with E-state index in [9.17, 15) is 14.7 Å². The van der Waals surface area contributed by atoms with Crippen molar-refractivity contribution >= 4 is 11.9 Å². The zero-order valence-corrected chi connectivity index (χ0v) is 14.6. The number of carbonyl (C=O) groups excluding carboxylic acids is 1. The zero-order valence-electron chi connectivity index (χ0n) is 14.6. The normalized spacial score (nSPS) is 19.3. The molecule has 2 aromatic carbocycles. The molecule has 26 heavy (non-hydrogen) atoms. The Morgan fingerprint density at radius 1 is 1.12 bits per heavy atom. The number of hydrogen-bond acceptors (Lipinski definition) is 4. The molecule has 1 aliphatic rings. The van der Waals surface area contributed by atoms with Gasteiger partial charge in [0, 0.05) is 25.8 Å². The maximum atomic E-state index is 12.8. The van der Waals surface area contributed by atoms with Gasteiger partial charge >= 0.3 is 5.97 Å². The minimum Gasteiger partial charge on any atom is -0.481 e. The molecular formula is C20H21NO5. The van der Waals surface area contributed by atoms with Crippen LogP contribution >= 0.6 is 0 Å². The highest BCUT2D eigenvalue weighted by Crippen LogP contribution is 2.32. The van der Waals surface area contributed by atoms with Gasteiger partial charge in [0.25, 0.3) is 5.91 Å². The number of benzene rings is 2. The van der Waals surface area contributed by atoms with E-state index in [0.717, 1.165) is 0 Å². The van der Waals surface area contributed by atoms with E-state index in [0.29, 0.717) is 30.0 Å². The average molecular weight is 355 g/mol. The standard InChI is InChI=1S/C20H21NO5/c1-25-14-20(19(23)24)10-11-21(13-20)18(22)15-6-5-9-17(12-15)26-16-7-3-2-4-8-16/h2-9,12H,10-11,13-14H2,1H3,(H,23,24). The highest BCUT2D eigenvalue weighted by molar-refractivity contribution is 5.95. The average Bonchev–Trinajstić information content (AvgIpc) is 3.08. The first-order valence-corrected chi connectivity index (χ1v) is 8.39. The van der Waals surface area contributed by atoms with Crippen molar-refractivity contribution in [2.75, 3.05) is 26.8 Å². The number of aliphatic carboxylic acids is 1. The predicted molar refractivity (Wildman–Crippen MR) is 95.4 cm³/mol. The minimum absolute atomic E-state index is 0.0866. The maximum Gasteiger partial charge on any atom is 0.313 e. The fraction of sp³-hybridized carbons (Fsp3) is 0.300. The molecule has 0 saturated carbocycles. The number of carboxylic acids is 1. The second-order valence-electron chi connectivity index (χ2n) is 6.44. The van der Waals surface area contributed by atoms with Crippen molar-refractivity contribution < 1.29 is 24.2 Å². The van der Waals surface area contributed by atoms with Gasteiger partial charge in [-0.1, -0.05) is 24.3 Å². The molecule has 1 unspecified atom stereocenters. The molecule has 136 valence electrons. The van der Waals surface area contributed by atoms with Crippen LogP contribution in [0.4, 0.5) is 0 Å². The van der Waals surface area contributed by atoms with Crippen LogP contribution in [0.25, 0.3) is 0 Å². The van der Waals surface area contributed by atoms with E-state index in [-0.39, 0.29) is 19.1 Å². The molecule has 6 heteroatoms. The molecule has 1 N–H and O–H groups in total. The molecule has 0 spiro atoms. The molecule has 3 rings (SSSR count). The maximum absolute atomic E-state index is 12.8. The summed E-state index contributed by atoms with van der Waals surface area (Å²) in [5.74, 6) is 0.101. The molecule has 2 aromatic rings. The van der Waals surface area contributed by atoms with Gasteiger partial charge in [-0.05, 0) is 36.8 Å². The van der Waals surface area contributed by atoms with E-state index in [2.05, 4.69) is 0 Å². The smallest absolute Gasteiger partial charge is 0.313 e. The SMILES string of the molecule is COCC1(C(=O)O)CCN(C(=O)c2cccc(Oc3ccccc3)c2)C1. The predicted octanol–water partition coefficient (Wildman–Crippen LogP) is 3.04. The Morgan fingerprint density at radius 2 is 1.85 bits per heavy atom. The van der Waals surface area contributed by atoms with Gasteiger partial charge in [-0.2, -0.15) is 0 Å². The molecule has 6 nitrogen and oxygen atoms in total. The number of ether oxygens (including phenoxy) is 2. The van der Waals surface area contributed by atoms with E-state index < -0.39 is 11.4 Å². The third kappa shape index (κ3) is 3.70. The summed E-state index contributed by atoms with van der Waals surface area (Å²) in [5, 5.41) is 9.54. The summed E-state index contributed by atoms with van der Waals surface area (Å²) < 4.78 is 10.8. The molecular weight excluding hydrogens is 334 g/mol. The lowest BCUT2D eigenvalue weighted by atomic mass is 9.88. The largest absolute Gasteiger partial charge is 0.481 e.